The molecule has 1 atom stereocenters. The van der Waals surface area contributed by atoms with E-state index in [1.165, 1.54) is 0 Å². The molecule has 1 fully saturated rings. The summed E-state index contributed by atoms with van der Waals surface area (Å²) in [5.74, 6) is 0.609. The molecule has 1 aliphatic heterocycles. The summed E-state index contributed by atoms with van der Waals surface area (Å²) in [6.45, 7) is 4.56. The third kappa shape index (κ3) is 2.95. The highest BCUT2D eigenvalue weighted by Crippen LogP contribution is 2.33. The molecule has 3 rings (SSSR count). The van der Waals surface area contributed by atoms with Crippen LogP contribution in [0.25, 0.3) is 0 Å². The van der Waals surface area contributed by atoms with E-state index in [1.807, 2.05) is 17.2 Å². The van der Waals surface area contributed by atoms with Gasteiger partial charge in [0, 0.05) is 23.8 Å². The SMILES string of the molecule is Cc1csc([C@@H]2CCCCN2C(=O)c2ccnc(C)n2)n1. The van der Waals surface area contributed by atoms with E-state index in [4.69, 9.17) is 0 Å². The number of rotatable bonds is 2. The van der Waals surface area contributed by atoms with Crippen LogP contribution in [-0.2, 0) is 0 Å². The Balaban J connectivity index is 1.89. The van der Waals surface area contributed by atoms with Crippen molar-refractivity contribution in [1.82, 2.24) is 19.9 Å². The van der Waals surface area contributed by atoms with Gasteiger partial charge in [-0.2, -0.15) is 0 Å². The molecule has 0 aliphatic carbocycles. The monoisotopic (exact) mass is 302 g/mol. The lowest BCUT2D eigenvalue weighted by atomic mass is 10.0. The molecule has 0 radical (unpaired) electrons. The summed E-state index contributed by atoms with van der Waals surface area (Å²) >= 11 is 1.64. The fourth-order valence-corrected chi connectivity index (χ4v) is 3.62. The first-order valence-electron chi connectivity index (χ1n) is 7.18. The summed E-state index contributed by atoms with van der Waals surface area (Å²) in [6, 6.07) is 1.77. The van der Waals surface area contributed by atoms with Crippen molar-refractivity contribution in [2.45, 2.75) is 39.2 Å². The van der Waals surface area contributed by atoms with E-state index in [-0.39, 0.29) is 11.9 Å². The highest BCUT2D eigenvalue weighted by molar-refractivity contribution is 7.09. The number of hydrogen-bond acceptors (Lipinski definition) is 5. The number of carbonyl (C=O) groups excluding carboxylic acids is 1. The zero-order valence-electron chi connectivity index (χ0n) is 12.2. The van der Waals surface area contributed by atoms with Crippen molar-refractivity contribution in [2.75, 3.05) is 6.54 Å². The maximum Gasteiger partial charge on any atom is 0.273 e. The van der Waals surface area contributed by atoms with Crippen LogP contribution in [-0.4, -0.2) is 32.3 Å². The van der Waals surface area contributed by atoms with Crippen LogP contribution in [0, 0.1) is 13.8 Å². The number of hydrogen-bond donors (Lipinski definition) is 0. The van der Waals surface area contributed by atoms with Crippen molar-refractivity contribution >= 4 is 17.2 Å². The lowest BCUT2D eigenvalue weighted by Crippen LogP contribution is -2.39. The highest BCUT2D eigenvalue weighted by atomic mass is 32.1. The molecular weight excluding hydrogens is 284 g/mol. The zero-order chi connectivity index (χ0) is 14.8. The van der Waals surface area contributed by atoms with Crippen LogP contribution in [0.2, 0.25) is 0 Å². The predicted octanol–water partition coefficient (Wildman–Crippen LogP) is 2.92. The van der Waals surface area contributed by atoms with Crippen LogP contribution in [0.3, 0.4) is 0 Å². The summed E-state index contributed by atoms with van der Waals surface area (Å²) < 4.78 is 0. The normalized spacial score (nSPS) is 18.8. The van der Waals surface area contributed by atoms with Crippen molar-refractivity contribution in [2.24, 2.45) is 0 Å². The Morgan fingerprint density at radius 3 is 2.90 bits per heavy atom. The molecule has 110 valence electrons. The zero-order valence-corrected chi connectivity index (χ0v) is 13.1. The third-order valence-electron chi connectivity index (χ3n) is 3.68. The highest BCUT2D eigenvalue weighted by Gasteiger charge is 2.31. The average Bonchev–Trinajstić information content (AvgIpc) is 2.93. The quantitative estimate of drug-likeness (QED) is 0.856. The lowest BCUT2D eigenvalue weighted by Gasteiger charge is -2.34. The Bertz CT molecular complexity index is 655. The largest absolute Gasteiger partial charge is 0.328 e. The van der Waals surface area contributed by atoms with Gasteiger partial charge in [0.2, 0.25) is 0 Å². The van der Waals surface area contributed by atoms with Crippen LogP contribution in [0.1, 0.15) is 52.3 Å². The molecule has 2 aromatic rings. The number of likely N-dealkylation sites (tertiary alicyclic amines) is 1. The molecule has 5 nitrogen and oxygen atoms in total. The van der Waals surface area contributed by atoms with E-state index in [0.29, 0.717) is 11.5 Å². The molecule has 3 heterocycles. The second-order valence-electron chi connectivity index (χ2n) is 5.33. The van der Waals surface area contributed by atoms with Gasteiger partial charge < -0.3 is 4.90 Å². The Labute approximate surface area is 128 Å². The van der Waals surface area contributed by atoms with Crippen molar-refractivity contribution in [3.63, 3.8) is 0 Å². The van der Waals surface area contributed by atoms with Crippen molar-refractivity contribution in [3.8, 4) is 0 Å². The van der Waals surface area contributed by atoms with Gasteiger partial charge in [0.05, 0.1) is 6.04 Å². The first-order chi connectivity index (χ1) is 10.1. The molecule has 1 saturated heterocycles. The molecule has 1 aliphatic rings. The number of aromatic nitrogens is 3. The second kappa shape index (κ2) is 5.89. The predicted molar refractivity (Wildman–Crippen MR) is 81.2 cm³/mol. The maximum absolute atomic E-state index is 12.8. The topological polar surface area (TPSA) is 59.0 Å². The summed E-state index contributed by atoms with van der Waals surface area (Å²) in [5.41, 5.74) is 1.49. The van der Waals surface area contributed by atoms with Crippen LogP contribution in [0.4, 0.5) is 0 Å². The summed E-state index contributed by atoms with van der Waals surface area (Å²) in [5, 5.41) is 3.08. The Morgan fingerprint density at radius 2 is 2.19 bits per heavy atom. The Kier molecular flexibility index (Phi) is 3.96. The third-order valence-corrected chi connectivity index (χ3v) is 4.74. The second-order valence-corrected chi connectivity index (χ2v) is 6.22. The van der Waals surface area contributed by atoms with Crippen molar-refractivity contribution in [3.05, 3.63) is 39.9 Å². The number of thiazole rings is 1. The first-order valence-corrected chi connectivity index (χ1v) is 8.06. The maximum atomic E-state index is 12.8. The van der Waals surface area contributed by atoms with E-state index in [1.54, 1.807) is 30.5 Å². The van der Waals surface area contributed by atoms with Gasteiger partial charge in [-0.15, -0.1) is 11.3 Å². The van der Waals surface area contributed by atoms with E-state index in [0.717, 1.165) is 36.5 Å². The first kappa shape index (κ1) is 14.1. The van der Waals surface area contributed by atoms with Crippen molar-refractivity contribution in [1.29, 1.82) is 0 Å². The minimum Gasteiger partial charge on any atom is -0.328 e. The molecule has 0 N–H and O–H groups in total. The minimum atomic E-state index is -0.0157. The number of amides is 1. The van der Waals surface area contributed by atoms with E-state index in [2.05, 4.69) is 15.0 Å². The van der Waals surface area contributed by atoms with Crippen LogP contribution in [0.15, 0.2) is 17.6 Å². The van der Waals surface area contributed by atoms with Gasteiger partial charge >= 0.3 is 0 Å². The van der Waals surface area contributed by atoms with E-state index in [9.17, 15) is 4.79 Å². The number of aryl methyl sites for hydroxylation is 2. The fourth-order valence-electron chi connectivity index (χ4n) is 2.68. The summed E-state index contributed by atoms with van der Waals surface area (Å²) in [7, 11) is 0. The van der Waals surface area contributed by atoms with Gasteiger partial charge in [0.25, 0.3) is 5.91 Å². The van der Waals surface area contributed by atoms with Crippen molar-refractivity contribution < 1.29 is 4.79 Å². The van der Waals surface area contributed by atoms with Gasteiger partial charge in [-0.3, -0.25) is 4.79 Å². The summed E-state index contributed by atoms with van der Waals surface area (Å²) in [6.07, 6.45) is 4.79. The smallest absolute Gasteiger partial charge is 0.273 e. The molecule has 0 saturated carbocycles. The lowest BCUT2D eigenvalue weighted by molar-refractivity contribution is 0.0604. The molecule has 2 aromatic heterocycles. The van der Waals surface area contributed by atoms with E-state index < -0.39 is 0 Å². The molecule has 6 heteroatoms. The van der Waals surface area contributed by atoms with E-state index >= 15 is 0 Å². The van der Waals surface area contributed by atoms with Gasteiger partial charge in [-0.05, 0) is 39.2 Å². The summed E-state index contributed by atoms with van der Waals surface area (Å²) in [4.78, 5) is 27.6. The Hall–Kier alpha value is -1.82. The number of carbonyl (C=O) groups is 1. The molecular formula is C15H18N4OS. The molecule has 0 spiro atoms. The molecule has 0 unspecified atom stereocenters. The van der Waals surface area contributed by atoms with Gasteiger partial charge in [-0.25, -0.2) is 15.0 Å². The van der Waals surface area contributed by atoms with Gasteiger partial charge in [-0.1, -0.05) is 0 Å². The fraction of sp³-hybridized carbons (Fsp3) is 0.467. The standard InChI is InChI=1S/C15H18N4OS/c1-10-9-21-14(17-10)13-5-3-4-8-19(13)15(20)12-6-7-16-11(2)18-12/h6-7,9,13H,3-5,8H2,1-2H3/t13-/m0/s1. The molecule has 21 heavy (non-hydrogen) atoms. The number of piperidine rings is 1. The molecule has 0 bridgehead atoms. The van der Waals surface area contributed by atoms with Crippen LogP contribution < -0.4 is 0 Å². The van der Waals surface area contributed by atoms with Gasteiger partial charge in [0.15, 0.2) is 0 Å². The number of nitrogens with zero attached hydrogens (tertiary/aromatic N) is 4. The van der Waals surface area contributed by atoms with Crippen LogP contribution >= 0.6 is 11.3 Å². The van der Waals surface area contributed by atoms with Gasteiger partial charge in [0.1, 0.15) is 16.5 Å². The minimum absolute atomic E-state index is 0.0157. The Morgan fingerprint density at radius 1 is 1.33 bits per heavy atom. The van der Waals surface area contributed by atoms with Crippen LogP contribution in [0.5, 0.6) is 0 Å². The molecule has 1 amide bonds. The average molecular weight is 302 g/mol. The molecule has 0 aromatic carbocycles.